The Morgan fingerprint density at radius 1 is 0.472 bits per heavy atom. The summed E-state index contributed by atoms with van der Waals surface area (Å²) in [6.45, 7) is 0. The van der Waals surface area contributed by atoms with Crippen LogP contribution in [0.3, 0.4) is 0 Å². The Balaban J connectivity index is 1.35. The molecule has 170 valence electrons. The lowest BCUT2D eigenvalue weighted by molar-refractivity contribution is 0.669. The largest absolute Gasteiger partial charge is 0.456 e. The van der Waals surface area contributed by atoms with Crippen molar-refractivity contribution in [2.24, 2.45) is 0 Å². The van der Waals surface area contributed by atoms with Crippen LogP contribution in [-0.2, 0) is 0 Å². The molecule has 1 aromatic heterocycles. The predicted octanol–water partition coefficient (Wildman–Crippen LogP) is 9.82. The molecule has 0 amide bonds. The number of hydrogen-bond acceptors (Lipinski definition) is 2. The van der Waals surface area contributed by atoms with E-state index in [4.69, 9.17) is 4.42 Å². The summed E-state index contributed by atoms with van der Waals surface area (Å²) in [6, 6.07) is 46.7. The van der Waals surface area contributed by atoms with Crippen LogP contribution in [0, 0.1) is 0 Å². The summed E-state index contributed by atoms with van der Waals surface area (Å²) in [5.74, 6) is 0. The van der Waals surface area contributed by atoms with E-state index in [9.17, 15) is 0 Å². The molecule has 0 radical (unpaired) electrons. The van der Waals surface area contributed by atoms with Crippen molar-refractivity contribution in [3.8, 4) is 22.3 Å². The second-order valence-electron chi connectivity index (χ2n) is 9.09. The van der Waals surface area contributed by atoms with E-state index in [0.717, 1.165) is 44.4 Å². The van der Waals surface area contributed by atoms with Gasteiger partial charge in [-0.3, -0.25) is 0 Å². The Hall–Kier alpha value is -4.82. The summed E-state index contributed by atoms with van der Waals surface area (Å²) in [5.41, 5.74) is 8.59. The van der Waals surface area contributed by atoms with Crippen LogP contribution in [0.5, 0.6) is 0 Å². The molecule has 0 aliphatic rings. The molecule has 1 heterocycles. The van der Waals surface area contributed by atoms with Crippen molar-refractivity contribution in [2.75, 3.05) is 5.32 Å². The molecular formula is C34H23NO. The van der Waals surface area contributed by atoms with Crippen LogP contribution in [0.4, 0.5) is 11.4 Å². The second-order valence-corrected chi connectivity index (χ2v) is 9.09. The number of hydrogen-bond donors (Lipinski definition) is 1. The molecule has 2 nitrogen and oxygen atoms in total. The van der Waals surface area contributed by atoms with Gasteiger partial charge in [0.2, 0.25) is 0 Å². The summed E-state index contributed by atoms with van der Waals surface area (Å²) < 4.78 is 6.29. The molecule has 0 fully saturated rings. The second kappa shape index (κ2) is 8.44. The van der Waals surface area contributed by atoms with Crippen molar-refractivity contribution in [3.05, 3.63) is 133 Å². The third-order valence-corrected chi connectivity index (χ3v) is 6.85. The summed E-state index contributed by atoms with van der Waals surface area (Å²) in [7, 11) is 0. The van der Waals surface area contributed by atoms with Crippen molar-refractivity contribution >= 4 is 44.1 Å². The van der Waals surface area contributed by atoms with Crippen LogP contribution in [0.1, 0.15) is 0 Å². The summed E-state index contributed by atoms with van der Waals surface area (Å²) in [6.07, 6.45) is 0. The highest BCUT2D eigenvalue weighted by Gasteiger charge is 2.14. The average molecular weight is 462 g/mol. The van der Waals surface area contributed by atoms with Crippen LogP contribution < -0.4 is 5.32 Å². The van der Waals surface area contributed by atoms with E-state index in [0.29, 0.717) is 0 Å². The first-order valence-electron chi connectivity index (χ1n) is 12.2. The van der Waals surface area contributed by atoms with E-state index >= 15 is 0 Å². The molecule has 0 bridgehead atoms. The number of fused-ring (bicyclic) bond motifs is 4. The van der Waals surface area contributed by atoms with Crippen LogP contribution in [-0.4, -0.2) is 0 Å². The fourth-order valence-corrected chi connectivity index (χ4v) is 5.12. The van der Waals surface area contributed by atoms with E-state index in [2.05, 4.69) is 108 Å². The number of rotatable bonds is 4. The van der Waals surface area contributed by atoms with Crippen molar-refractivity contribution in [2.45, 2.75) is 0 Å². The number of para-hydroxylation sites is 2. The summed E-state index contributed by atoms with van der Waals surface area (Å²) >= 11 is 0. The first-order valence-corrected chi connectivity index (χ1v) is 12.2. The SMILES string of the molecule is c1ccc(Nc2cc(-c3ccc(-c4cccc5ccccc45)cc3)cc3oc4ccccc4c23)cc1. The van der Waals surface area contributed by atoms with Gasteiger partial charge < -0.3 is 9.73 Å². The van der Waals surface area contributed by atoms with Crippen molar-refractivity contribution < 1.29 is 4.42 Å². The minimum Gasteiger partial charge on any atom is -0.456 e. The Kier molecular flexibility index (Phi) is 4.82. The Morgan fingerprint density at radius 3 is 2.03 bits per heavy atom. The fraction of sp³-hybridized carbons (Fsp3) is 0. The predicted molar refractivity (Wildman–Crippen MR) is 152 cm³/mol. The van der Waals surface area contributed by atoms with Crippen molar-refractivity contribution in [3.63, 3.8) is 0 Å². The van der Waals surface area contributed by atoms with E-state index < -0.39 is 0 Å². The Bertz CT molecular complexity index is 1840. The molecule has 6 aromatic carbocycles. The van der Waals surface area contributed by atoms with Gasteiger partial charge in [-0.15, -0.1) is 0 Å². The van der Waals surface area contributed by atoms with E-state index in [1.165, 1.54) is 21.9 Å². The van der Waals surface area contributed by atoms with Crippen LogP contribution in [0.15, 0.2) is 138 Å². The van der Waals surface area contributed by atoms with Gasteiger partial charge in [0, 0.05) is 11.1 Å². The number of furan rings is 1. The monoisotopic (exact) mass is 461 g/mol. The van der Waals surface area contributed by atoms with Gasteiger partial charge in [0.15, 0.2) is 0 Å². The highest BCUT2D eigenvalue weighted by Crippen LogP contribution is 2.39. The third kappa shape index (κ3) is 3.52. The lowest BCUT2D eigenvalue weighted by atomic mass is 9.95. The molecule has 0 aliphatic heterocycles. The third-order valence-electron chi connectivity index (χ3n) is 6.85. The first kappa shape index (κ1) is 20.5. The molecule has 0 aliphatic carbocycles. The molecule has 36 heavy (non-hydrogen) atoms. The maximum absolute atomic E-state index is 6.29. The average Bonchev–Trinajstić information content (AvgIpc) is 3.32. The maximum atomic E-state index is 6.29. The minimum absolute atomic E-state index is 0.880. The molecular weight excluding hydrogens is 438 g/mol. The topological polar surface area (TPSA) is 25.2 Å². The minimum atomic E-state index is 0.880. The zero-order valence-electron chi connectivity index (χ0n) is 19.6. The number of anilines is 2. The first-order chi connectivity index (χ1) is 17.8. The van der Waals surface area contributed by atoms with Gasteiger partial charge in [0.1, 0.15) is 11.2 Å². The van der Waals surface area contributed by atoms with E-state index in [1.807, 2.05) is 30.3 Å². The standard InChI is InChI=1S/C34H23NO/c1-2-11-27(12-3-1)35-31-21-26(22-33-34(31)30-14-6-7-16-32(30)36-33)23-17-19-25(20-18-23)29-15-8-10-24-9-4-5-13-28(24)29/h1-22,35H. The van der Waals surface area contributed by atoms with Gasteiger partial charge in [-0.05, 0) is 63.4 Å². The van der Waals surface area contributed by atoms with E-state index in [1.54, 1.807) is 0 Å². The zero-order chi connectivity index (χ0) is 23.9. The molecule has 0 saturated heterocycles. The molecule has 0 unspecified atom stereocenters. The molecule has 0 saturated carbocycles. The smallest absolute Gasteiger partial charge is 0.138 e. The van der Waals surface area contributed by atoms with Crippen molar-refractivity contribution in [1.29, 1.82) is 0 Å². The molecule has 0 atom stereocenters. The molecule has 0 spiro atoms. The van der Waals surface area contributed by atoms with Gasteiger partial charge in [0.05, 0.1) is 11.1 Å². The van der Waals surface area contributed by atoms with Crippen LogP contribution in [0.25, 0.3) is 55.0 Å². The normalized spacial score (nSPS) is 11.3. The van der Waals surface area contributed by atoms with Gasteiger partial charge in [0.25, 0.3) is 0 Å². The van der Waals surface area contributed by atoms with Crippen molar-refractivity contribution in [1.82, 2.24) is 0 Å². The Morgan fingerprint density at radius 2 is 1.17 bits per heavy atom. The van der Waals surface area contributed by atoms with Gasteiger partial charge in [-0.2, -0.15) is 0 Å². The number of benzene rings is 6. The quantitative estimate of drug-likeness (QED) is 0.282. The van der Waals surface area contributed by atoms with Gasteiger partial charge >= 0.3 is 0 Å². The van der Waals surface area contributed by atoms with Gasteiger partial charge in [-0.25, -0.2) is 0 Å². The molecule has 2 heteroatoms. The van der Waals surface area contributed by atoms with Crippen LogP contribution >= 0.6 is 0 Å². The summed E-state index contributed by atoms with van der Waals surface area (Å²) in [5, 5.41) is 8.37. The highest BCUT2D eigenvalue weighted by molar-refractivity contribution is 6.13. The molecule has 7 rings (SSSR count). The zero-order valence-corrected chi connectivity index (χ0v) is 19.6. The lowest BCUT2D eigenvalue weighted by Crippen LogP contribution is -1.92. The Labute approximate surface area is 209 Å². The lowest BCUT2D eigenvalue weighted by Gasteiger charge is -2.12. The van der Waals surface area contributed by atoms with Crippen LogP contribution in [0.2, 0.25) is 0 Å². The molecule has 7 aromatic rings. The van der Waals surface area contributed by atoms with Gasteiger partial charge in [-0.1, -0.05) is 103 Å². The number of nitrogens with one attached hydrogen (secondary N) is 1. The highest BCUT2D eigenvalue weighted by atomic mass is 16.3. The fourth-order valence-electron chi connectivity index (χ4n) is 5.12. The molecule has 1 N–H and O–H groups in total. The maximum Gasteiger partial charge on any atom is 0.138 e. The van der Waals surface area contributed by atoms with E-state index in [-0.39, 0.29) is 0 Å². The summed E-state index contributed by atoms with van der Waals surface area (Å²) in [4.78, 5) is 0.